The molecule has 0 N–H and O–H groups in total. The number of methoxy groups -OCH3 is 1. The van der Waals surface area contributed by atoms with E-state index in [1.54, 1.807) is 7.11 Å². The van der Waals surface area contributed by atoms with E-state index in [1.807, 2.05) is 42.5 Å². The quantitative estimate of drug-likeness (QED) is 0.449. The van der Waals surface area contributed by atoms with Crippen LogP contribution in [0, 0.1) is 0 Å². The van der Waals surface area contributed by atoms with Crippen molar-refractivity contribution in [2.45, 2.75) is 32.4 Å². The van der Waals surface area contributed by atoms with Crippen LogP contribution >= 0.6 is 0 Å². The Kier molecular flexibility index (Phi) is 5.77. The molecule has 0 aliphatic rings. The van der Waals surface area contributed by atoms with E-state index in [0.29, 0.717) is 23.3 Å². The van der Waals surface area contributed by atoms with Gasteiger partial charge in [0.15, 0.2) is 0 Å². The zero-order valence-electron chi connectivity index (χ0n) is 16.4. The van der Waals surface area contributed by atoms with Crippen molar-refractivity contribution >= 4 is 19.0 Å². The van der Waals surface area contributed by atoms with Gasteiger partial charge in [-0.05, 0) is 29.3 Å². The van der Waals surface area contributed by atoms with Gasteiger partial charge in [0.1, 0.15) is 24.3 Å². The normalized spacial score (nSPS) is 11.7. The van der Waals surface area contributed by atoms with Gasteiger partial charge in [-0.2, -0.15) is 0 Å². The summed E-state index contributed by atoms with van der Waals surface area (Å²) in [5.74, 6) is 0.593. The standard InChI is InChI=1S/C21H26N2O3Si/c1-25-19-13-17(16-8-6-5-7-9-16)12-18-20(19)22-14-23(21(18)24)15-26-10-11-27(2,3)4/h5-9,12-14H,10-11,15H2,1-4H3. The molecule has 3 rings (SSSR count). The number of benzene rings is 2. The van der Waals surface area contributed by atoms with Crippen LogP contribution in [0.4, 0.5) is 0 Å². The first-order chi connectivity index (χ1) is 12.9. The molecule has 6 heteroatoms. The molecule has 0 aliphatic carbocycles. The van der Waals surface area contributed by atoms with Gasteiger partial charge in [-0.1, -0.05) is 50.0 Å². The third kappa shape index (κ3) is 4.64. The van der Waals surface area contributed by atoms with E-state index in [4.69, 9.17) is 9.47 Å². The second-order valence-corrected chi connectivity index (χ2v) is 13.4. The zero-order chi connectivity index (χ0) is 19.4. The van der Waals surface area contributed by atoms with E-state index in [2.05, 4.69) is 24.6 Å². The Morgan fingerprint density at radius 3 is 2.48 bits per heavy atom. The average Bonchev–Trinajstić information content (AvgIpc) is 2.66. The van der Waals surface area contributed by atoms with Gasteiger partial charge in [-0.25, -0.2) is 4.98 Å². The van der Waals surface area contributed by atoms with Crippen molar-refractivity contribution < 1.29 is 9.47 Å². The Morgan fingerprint density at radius 2 is 1.81 bits per heavy atom. The van der Waals surface area contributed by atoms with E-state index in [-0.39, 0.29) is 12.3 Å². The predicted molar refractivity (Wildman–Crippen MR) is 112 cm³/mol. The largest absolute Gasteiger partial charge is 0.494 e. The number of rotatable bonds is 7. The van der Waals surface area contributed by atoms with E-state index in [0.717, 1.165) is 17.2 Å². The van der Waals surface area contributed by atoms with Gasteiger partial charge in [0, 0.05) is 14.7 Å². The van der Waals surface area contributed by atoms with Crippen LogP contribution in [0.25, 0.3) is 22.0 Å². The molecule has 142 valence electrons. The Hall–Kier alpha value is -2.44. The summed E-state index contributed by atoms with van der Waals surface area (Å²) in [6.07, 6.45) is 1.53. The number of fused-ring (bicyclic) bond motifs is 1. The second-order valence-electron chi connectivity index (χ2n) is 7.81. The van der Waals surface area contributed by atoms with Crippen LogP contribution < -0.4 is 10.3 Å². The number of nitrogens with zero attached hydrogens (tertiary/aromatic N) is 2. The molecule has 5 nitrogen and oxygen atoms in total. The lowest BCUT2D eigenvalue weighted by Crippen LogP contribution is -2.25. The van der Waals surface area contributed by atoms with Gasteiger partial charge in [-0.15, -0.1) is 0 Å². The van der Waals surface area contributed by atoms with Crippen molar-refractivity contribution in [1.82, 2.24) is 9.55 Å². The first-order valence-electron chi connectivity index (χ1n) is 9.09. The lowest BCUT2D eigenvalue weighted by molar-refractivity contribution is 0.0844. The molecule has 2 aromatic carbocycles. The van der Waals surface area contributed by atoms with E-state index < -0.39 is 8.07 Å². The van der Waals surface area contributed by atoms with Gasteiger partial charge in [0.05, 0.1) is 12.5 Å². The second kappa shape index (κ2) is 8.06. The fourth-order valence-corrected chi connectivity index (χ4v) is 3.58. The third-order valence-electron chi connectivity index (χ3n) is 4.45. The number of hydrogen-bond donors (Lipinski definition) is 0. The predicted octanol–water partition coefficient (Wildman–Crippen LogP) is 4.38. The summed E-state index contributed by atoms with van der Waals surface area (Å²) in [5.41, 5.74) is 2.40. The smallest absolute Gasteiger partial charge is 0.263 e. The molecule has 0 radical (unpaired) electrons. The van der Waals surface area contributed by atoms with Gasteiger partial charge < -0.3 is 9.47 Å². The number of hydrogen-bond acceptors (Lipinski definition) is 4. The SMILES string of the molecule is COc1cc(-c2ccccc2)cc2c(=O)n(COCC[Si](C)(C)C)cnc12. The summed E-state index contributed by atoms with van der Waals surface area (Å²) in [5, 5.41) is 0.532. The molecule has 0 spiro atoms. The maximum Gasteiger partial charge on any atom is 0.263 e. The third-order valence-corrected chi connectivity index (χ3v) is 6.15. The molecule has 1 heterocycles. The minimum atomic E-state index is -1.15. The number of ether oxygens (including phenoxy) is 2. The molecule has 0 atom stereocenters. The van der Waals surface area contributed by atoms with Gasteiger partial charge in [-0.3, -0.25) is 9.36 Å². The van der Waals surface area contributed by atoms with Crippen LogP contribution in [-0.4, -0.2) is 31.3 Å². The topological polar surface area (TPSA) is 53.4 Å². The highest BCUT2D eigenvalue weighted by Crippen LogP contribution is 2.29. The summed E-state index contributed by atoms with van der Waals surface area (Å²) in [6.45, 7) is 7.78. The minimum Gasteiger partial charge on any atom is -0.494 e. The summed E-state index contributed by atoms with van der Waals surface area (Å²) < 4.78 is 12.7. The van der Waals surface area contributed by atoms with Crippen molar-refractivity contribution in [3.05, 3.63) is 59.1 Å². The summed E-state index contributed by atoms with van der Waals surface area (Å²) in [7, 11) is 0.439. The molecule has 0 fully saturated rings. The average molecular weight is 383 g/mol. The molecular formula is C21H26N2O3Si. The van der Waals surface area contributed by atoms with Crippen LogP contribution in [0.5, 0.6) is 5.75 Å². The Labute approximate surface area is 160 Å². The van der Waals surface area contributed by atoms with E-state index in [9.17, 15) is 4.79 Å². The monoisotopic (exact) mass is 382 g/mol. The lowest BCUT2D eigenvalue weighted by Gasteiger charge is -2.16. The zero-order valence-corrected chi connectivity index (χ0v) is 17.4. The molecule has 27 heavy (non-hydrogen) atoms. The summed E-state index contributed by atoms with van der Waals surface area (Å²) in [6, 6.07) is 14.8. The Morgan fingerprint density at radius 1 is 1.07 bits per heavy atom. The molecule has 0 bridgehead atoms. The molecule has 0 amide bonds. The lowest BCUT2D eigenvalue weighted by atomic mass is 10.0. The highest BCUT2D eigenvalue weighted by molar-refractivity contribution is 6.76. The fraction of sp³-hybridized carbons (Fsp3) is 0.333. The van der Waals surface area contributed by atoms with Crippen molar-refractivity contribution in [2.75, 3.05) is 13.7 Å². The summed E-state index contributed by atoms with van der Waals surface area (Å²) >= 11 is 0. The maximum absolute atomic E-state index is 13.0. The van der Waals surface area contributed by atoms with Crippen LogP contribution in [0.3, 0.4) is 0 Å². The molecule has 0 saturated heterocycles. The first kappa shape index (κ1) is 19.3. The van der Waals surface area contributed by atoms with E-state index >= 15 is 0 Å². The fourth-order valence-electron chi connectivity index (χ4n) is 2.82. The van der Waals surface area contributed by atoms with Crippen molar-refractivity contribution in [3.63, 3.8) is 0 Å². The van der Waals surface area contributed by atoms with Crippen molar-refractivity contribution in [2.24, 2.45) is 0 Å². The summed E-state index contributed by atoms with van der Waals surface area (Å²) in [4.78, 5) is 17.4. The molecule has 0 aliphatic heterocycles. The van der Waals surface area contributed by atoms with Crippen LogP contribution in [-0.2, 0) is 11.5 Å². The van der Waals surface area contributed by atoms with Crippen LogP contribution in [0.15, 0.2) is 53.6 Å². The highest BCUT2D eigenvalue weighted by Gasteiger charge is 2.14. The van der Waals surface area contributed by atoms with Gasteiger partial charge in [0.2, 0.25) is 0 Å². The van der Waals surface area contributed by atoms with Crippen LogP contribution in [0.2, 0.25) is 25.7 Å². The van der Waals surface area contributed by atoms with Gasteiger partial charge >= 0.3 is 0 Å². The van der Waals surface area contributed by atoms with Crippen LogP contribution in [0.1, 0.15) is 0 Å². The maximum atomic E-state index is 13.0. The molecular weight excluding hydrogens is 356 g/mol. The molecule has 3 aromatic rings. The van der Waals surface area contributed by atoms with Crippen molar-refractivity contribution in [1.29, 1.82) is 0 Å². The minimum absolute atomic E-state index is 0.121. The Bertz CT molecular complexity index is 978. The van der Waals surface area contributed by atoms with Gasteiger partial charge in [0.25, 0.3) is 5.56 Å². The van der Waals surface area contributed by atoms with E-state index in [1.165, 1.54) is 10.9 Å². The molecule has 0 saturated carbocycles. The highest BCUT2D eigenvalue weighted by atomic mass is 28.3. The first-order valence-corrected chi connectivity index (χ1v) is 12.8. The molecule has 1 aromatic heterocycles. The molecule has 0 unspecified atom stereocenters. The van der Waals surface area contributed by atoms with Crippen molar-refractivity contribution in [3.8, 4) is 16.9 Å². The number of aromatic nitrogens is 2. The Balaban J connectivity index is 1.95.